The molecular formula is C14H24N4O. The van der Waals surface area contributed by atoms with E-state index in [0.717, 1.165) is 44.5 Å². The number of hydrogen-bond donors (Lipinski definition) is 3. The van der Waals surface area contributed by atoms with Gasteiger partial charge in [0.05, 0.1) is 0 Å². The molecule has 1 amide bonds. The largest absolute Gasteiger partial charge is 0.351 e. The van der Waals surface area contributed by atoms with Crippen LogP contribution in [0.15, 0.2) is 18.3 Å². The summed E-state index contributed by atoms with van der Waals surface area (Å²) in [4.78, 5) is 12.2. The Morgan fingerprint density at radius 1 is 1.42 bits per heavy atom. The SMILES string of the molecule is NCCCCNC(=O)c1cccn1C1CCNCC1. The fourth-order valence-corrected chi connectivity index (χ4v) is 2.55. The van der Waals surface area contributed by atoms with E-state index in [-0.39, 0.29) is 5.91 Å². The molecule has 1 aliphatic rings. The first-order chi connectivity index (χ1) is 9.33. The standard InChI is InChI=1S/C14H24N4O/c15-7-1-2-8-17-14(19)13-4-3-11-18(13)12-5-9-16-10-6-12/h3-4,11-12,16H,1-2,5-10,15H2,(H,17,19). The molecule has 1 aromatic heterocycles. The van der Waals surface area contributed by atoms with Crippen LogP contribution in [0.5, 0.6) is 0 Å². The van der Waals surface area contributed by atoms with Crippen molar-refractivity contribution in [3.05, 3.63) is 24.0 Å². The van der Waals surface area contributed by atoms with Gasteiger partial charge in [0, 0.05) is 18.8 Å². The molecule has 5 nitrogen and oxygen atoms in total. The Labute approximate surface area is 114 Å². The highest BCUT2D eigenvalue weighted by molar-refractivity contribution is 5.92. The molecule has 0 aliphatic carbocycles. The molecule has 0 unspecified atom stereocenters. The van der Waals surface area contributed by atoms with Gasteiger partial charge in [-0.15, -0.1) is 0 Å². The third-order valence-corrected chi connectivity index (χ3v) is 3.63. The van der Waals surface area contributed by atoms with Crippen molar-refractivity contribution in [3.8, 4) is 0 Å². The summed E-state index contributed by atoms with van der Waals surface area (Å²) in [5, 5.41) is 6.32. The summed E-state index contributed by atoms with van der Waals surface area (Å²) in [6, 6.07) is 4.30. The lowest BCUT2D eigenvalue weighted by Crippen LogP contribution is -2.32. The van der Waals surface area contributed by atoms with E-state index in [1.54, 1.807) is 0 Å². The predicted molar refractivity (Wildman–Crippen MR) is 76.2 cm³/mol. The number of carbonyl (C=O) groups is 1. The molecule has 0 saturated carbocycles. The van der Waals surface area contributed by atoms with Gasteiger partial charge in [-0.2, -0.15) is 0 Å². The summed E-state index contributed by atoms with van der Waals surface area (Å²) in [7, 11) is 0. The molecule has 0 atom stereocenters. The highest BCUT2D eigenvalue weighted by Gasteiger charge is 2.19. The first-order valence-corrected chi connectivity index (χ1v) is 7.18. The lowest BCUT2D eigenvalue weighted by atomic mass is 10.1. The molecule has 0 spiro atoms. The zero-order valence-electron chi connectivity index (χ0n) is 11.4. The number of piperidine rings is 1. The second-order valence-corrected chi connectivity index (χ2v) is 5.03. The fourth-order valence-electron chi connectivity index (χ4n) is 2.55. The van der Waals surface area contributed by atoms with Crippen LogP contribution in [-0.4, -0.2) is 36.7 Å². The molecule has 2 heterocycles. The van der Waals surface area contributed by atoms with E-state index in [1.165, 1.54) is 0 Å². The van der Waals surface area contributed by atoms with Crippen molar-refractivity contribution in [2.24, 2.45) is 5.73 Å². The van der Waals surface area contributed by atoms with Crippen molar-refractivity contribution < 1.29 is 4.79 Å². The maximum absolute atomic E-state index is 12.2. The van der Waals surface area contributed by atoms with Gasteiger partial charge in [-0.05, 0) is 57.5 Å². The number of aromatic nitrogens is 1. The van der Waals surface area contributed by atoms with E-state index in [2.05, 4.69) is 15.2 Å². The Morgan fingerprint density at radius 3 is 2.95 bits per heavy atom. The van der Waals surface area contributed by atoms with Gasteiger partial charge in [0.25, 0.3) is 5.91 Å². The third-order valence-electron chi connectivity index (χ3n) is 3.63. The van der Waals surface area contributed by atoms with Crippen LogP contribution < -0.4 is 16.4 Å². The number of nitrogens with two attached hydrogens (primary N) is 1. The minimum atomic E-state index is 0.0283. The van der Waals surface area contributed by atoms with E-state index < -0.39 is 0 Å². The average molecular weight is 264 g/mol. The van der Waals surface area contributed by atoms with Crippen LogP contribution in [0.3, 0.4) is 0 Å². The van der Waals surface area contributed by atoms with Crippen LogP contribution in [0.1, 0.15) is 42.2 Å². The number of amides is 1. The number of rotatable bonds is 6. The van der Waals surface area contributed by atoms with Crippen LogP contribution in [-0.2, 0) is 0 Å². The molecule has 19 heavy (non-hydrogen) atoms. The fraction of sp³-hybridized carbons (Fsp3) is 0.643. The van der Waals surface area contributed by atoms with Crippen LogP contribution in [0.2, 0.25) is 0 Å². The molecule has 0 aromatic carbocycles. The summed E-state index contributed by atoms with van der Waals surface area (Å²) < 4.78 is 2.12. The Kier molecular flexibility index (Phi) is 5.42. The van der Waals surface area contributed by atoms with E-state index >= 15 is 0 Å². The number of nitrogens with zero attached hydrogens (tertiary/aromatic N) is 1. The lowest BCUT2D eigenvalue weighted by molar-refractivity contribution is 0.0940. The van der Waals surface area contributed by atoms with Gasteiger partial charge in [0.2, 0.25) is 0 Å². The maximum atomic E-state index is 12.2. The molecule has 1 aliphatic heterocycles. The Balaban J connectivity index is 1.92. The minimum absolute atomic E-state index is 0.0283. The number of nitrogens with one attached hydrogen (secondary N) is 2. The molecule has 106 valence electrons. The normalized spacial score (nSPS) is 16.5. The van der Waals surface area contributed by atoms with Crippen molar-refractivity contribution in [1.29, 1.82) is 0 Å². The molecular weight excluding hydrogens is 240 g/mol. The molecule has 1 saturated heterocycles. The molecule has 5 heteroatoms. The Hall–Kier alpha value is -1.33. The Bertz CT molecular complexity index is 396. The predicted octanol–water partition coefficient (Wildman–Crippen LogP) is 0.881. The van der Waals surface area contributed by atoms with Crippen molar-refractivity contribution in [3.63, 3.8) is 0 Å². The van der Waals surface area contributed by atoms with Crippen LogP contribution in [0.4, 0.5) is 0 Å². The summed E-state index contributed by atoms with van der Waals surface area (Å²) in [6.45, 7) is 3.44. The van der Waals surface area contributed by atoms with E-state index in [0.29, 0.717) is 19.1 Å². The molecule has 1 fully saturated rings. The van der Waals surface area contributed by atoms with Crippen molar-refractivity contribution in [2.75, 3.05) is 26.2 Å². The van der Waals surface area contributed by atoms with Crippen LogP contribution >= 0.6 is 0 Å². The number of unbranched alkanes of at least 4 members (excludes halogenated alkanes) is 1. The second kappa shape index (κ2) is 7.31. The topological polar surface area (TPSA) is 72.1 Å². The van der Waals surface area contributed by atoms with Gasteiger partial charge in [-0.25, -0.2) is 0 Å². The zero-order chi connectivity index (χ0) is 13.5. The first-order valence-electron chi connectivity index (χ1n) is 7.18. The highest BCUT2D eigenvalue weighted by Crippen LogP contribution is 2.21. The minimum Gasteiger partial charge on any atom is -0.351 e. The van der Waals surface area contributed by atoms with Crippen molar-refractivity contribution in [2.45, 2.75) is 31.7 Å². The molecule has 0 radical (unpaired) electrons. The summed E-state index contributed by atoms with van der Waals surface area (Å²) >= 11 is 0. The molecule has 0 bridgehead atoms. The second-order valence-electron chi connectivity index (χ2n) is 5.03. The van der Waals surface area contributed by atoms with Crippen molar-refractivity contribution in [1.82, 2.24) is 15.2 Å². The Morgan fingerprint density at radius 2 is 2.21 bits per heavy atom. The quantitative estimate of drug-likeness (QED) is 0.668. The van der Waals surface area contributed by atoms with Gasteiger partial charge in [-0.3, -0.25) is 4.79 Å². The van der Waals surface area contributed by atoms with Gasteiger partial charge < -0.3 is 20.9 Å². The van der Waals surface area contributed by atoms with Gasteiger partial charge in [0.1, 0.15) is 5.69 Å². The summed E-state index contributed by atoms with van der Waals surface area (Å²) in [5.74, 6) is 0.0283. The smallest absolute Gasteiger partial charge is 0.267 e. The van der Waals surface area contributed by atoms with Crippen LogP contribution in [0.25, 0.3) is 0 Å². The monoisotopic (exact) mass is 264 g/mol. The number of carbonyl (C=O) groups excluding carboxylic acids is 1. The maximum Gasteiger partial charge on any atom is 0.267 e. The van der Waals surface area contributed by atoms with Crippen LogP contribution in [0, 0.1) is 0 Å². The average Bonchev–Trinajstić information content (AvgIpc) is 2.94. The lowest BCUT2D eigenvalue weighted by Gasteiger charge is -2.25. The van der Waals surface area contributed by atoms with Crippen molar-refractivity contribution >= 4 is 5.91 Å². The van der Waals surface area contributed by atoms with Gasteiger partial charge in [-0.1, -0.05) is 0 Å². The van der Waals surface area contributed by atoms with E-state index in [1.807, 2.05) is 18.3 Å². The summed E-state index contributed by atoms with van der Waals surface area (Å²) in [5.41, 5.74) is 6.22. The first kappa shape index (κ1) is 14.1. The highest BCUT2D eigenvalue weighted by atomic mass is 16.1. The molecule has 1 aromatic rings. The zero-order valence-corrected chi connectivity index (χ0v) is 11.4. The molecule has 4 N–H and O–H groups in total. The third kappa shape index (κ3) is 3.81. The van der Waals surface area contributed by atoms with Gasteiger partial charge >= 0.3 is 0 Å². The molecule has 2 rings (SSSR count). The summed E-state index contributed by atoms with van der Waals surface area (Å²) in [6.07, 6.45) is 6.08. The van der Waals surface area contributed by atoms with E-state index in [9.17, 15) is 4.79 Å². The van der Waals surface area contributed by atoms with E-state index in [4.69, 9.17) is 5.73 Å². The van der Waals surface area contributed by atoms with Gasteiger partial charge in [0.15, 0.2) is 0 Å². The number of hydrogen-bond acceptors (Lipinski definition) is 3.